The Hall–Kier alpha value is -2.08. The highest BCUT2D eigenvalue weighted by atomic mass is 35.5. The lowest BCUT2D eigenvalue weighted by atomic mass is 10.0. The van der Waals surface area contributed by atoms with Crippen LogP contribution in [0.4, 0.5) is 13.2 Å². The van der Waals surface area contributed by atoms with E-state index < -0.39 is 11.9 Å². The van der Waals surface area contributed by atoms with Crippen LogP contribution in [0.1, 0.15) is 28.0 Å². The van der Waals surface area contributed by atoms with Crippen molar-refractivity contribution in [1.82, 2.24) is 4.98 Å². The van der Waals surface area contributed by atoms with Crippen LogP contribution in [-0.2, 0) is 12.6 Å². The molecule has 0 radical (unpaired) electrons. The van der Waals surface area contributed by atoms with Gasteiger partial charge in [0, 0.05) is 18.2 Å². The predicted octanol–water partition coefficient (Wildman–Crippen LogP) is 4.58. The van der Waals surface area contributed by atoms with Crippen LogP contribution in [0.3, 0.4) is 0 Å². The third kappa shape index (κ3) is 4.45. The van der Waals surface area contributed by atoms with Gasteiger partial charge in [-0.3, -0.25) is 9.78 Å². The van der Waals surface area contributed by atoms with Crippen LogP contribution in [0.5, 0.6) is 5.75 Å². The number of hydrogen-bond acceptors (Lipinski definition) is 3. The van der Waals surface area contributed by atoms with Crippen molar-refractivity contribution in [2.75, 3.05) is 7.11 Å². The Kier molecular flexibility index (Phi) is 5.26. The molecule has 2 aromatic rings. The summed E-state index contributed by atoms with van der Waals surface area (Å²) >= 11 is 5.89. The first-order chi connectivity index (χ1) is 10.8. The molecule has 2 rings (SSSR count). The number of pyridine rings is 1. The van der Waals surface area contributed by atoms with E-state index >= 15 is 0 Å². The SMILES string of the molecule is COc1cc(C(=O)CCc2ccc(C(F)(F)F)nc2)ccc1Cl. The number of aromatic nitrogens is 1. The summed E-state index contributed by atoms with van der Waals surface area (Å²) in [7, 11) is 1.45. The van der Waals surface area contributed by atoms with Gasteiger partial charge in [0.25, 0.3) is 0 Å². The number of halogens is 4. The molecule has 0 fully saturated rings. The van der Waals surface area contributed by atoms with Crippen molar-refractivity contribution in [3.63, 3.8) is 0 Å². The average molecular weight is 344 g/mol. The molecule has 0 saturated heterocycles. The summed E-state index contributed by atoms with van der Waals surface area (Å²) < 4.78 is 42.3. The van der Waals surface area contributed by atoms with Crippen LogP contribution < -0.4 is 4.74 Å². The summed E-state index contributed by atoms with van der Waals surface area (Å²) in [6, 6.07) is 6.91. The Labute approximate surface area is 136 Å². The molecule has 3 nitrogen and oxygen atoms in total. The Bertz CT molecular complexity index is 699. The van der Waals surface area contributed by atoms with Crippen LogP contribution in [-0.4, -0.2) is 17.9 Å². The van der Waals surface area contributed by atoms with E-state index in [1.54, 1.807) is 12.1 Å². The number of hydrogen-bond donors (Lipinski definition) is 0. The van der Waals surface area contributed by atoms with Gasteiger partial charge in [0.2, 0.25) is 0 Å². The van der Waals surface area contributed by atoms with Gasteiger partial charge >= 0.3 is 6.18 Å². The minimum Gasteiger partial charge on any atom is -0.495 e. The van der Waals surface area contributed by atoms with Crippen molar-refractivity contribution in [3.05, 3.63) is 58.4 Å². The summed E-state index contributed by atoms with van der Waals surface area (Å²) in [5.41, 5.74) is 0.0495. The second-order valence-electron chi connectivity index (χ2n) is 4.82. The maximum absolute atomic E-state index is 12.4. The molecular weight excluding hydrogens is 331 g/mol. The van der Waals surface area contributed by atoms with E-state index in [9.17, 15) is 18.0 Å². The smallest absolute Gasteiger partial charge is 0.433 e. The fourth-order valence-corrected chi connectivity index (χ4v) is 2.17. The molecule has 0 unspecified atom stereocenters. The number of ketones is 1. The lowest BCUT2D eigenvalue weighted by molar-refractivity contribution is -0.141. The molecule has 7 heteroatoms. The van der Waals surface area contributed by atoms with Gasteiger partial charge in [0.05, 0.1) is 12.1 Å². The normalized spacial score (nSPS) is 11.3. The lowest BCUT2D eigenvalue weighted by Crippen LogP contribution is -2.08. The van der Waals surface area contributed by atoms with E-state index in [1.165, 1.54) is 19.2 Å². The fourth-order valence-electron chi connectivity index (χ4n) is 1.98. The molecule has 0 aliphatic heterocycles. The van der Waals surface area contributed by atoms with Crippen LogP contribution in [0.2, 0.25) is 5.02 Å². The van der Waals surface area contributed by atoms with Crippen molar-refractivity contribution < 1.29 is 22.7 Å². The first kappa shape index (κ1) is 17.3. The van der Waals surface area contributed by atoms with Gasteiger partial charge < -0.3 is 4.74 Å². The lowest BCUT2D eigenvalue weighted by Gasteiger charge is -2.07. The van der Waals surface area contributed by atoms with Gasteiger partial charge in [-0.15, -0.1) is 0 Å². The topological polar surface area (TPSA) is 39.2 Å². The molecule has 0 bridgehead atoms. The molecule has 23 heavy (non-hydrogen) atoms. The van der Waals surface area contributed by atoms with E-state index in [-0.39, 0.29) is 12.2 Å². The number of nitrogens with zero attached hydrogens (tertiary/aromatic N) is 1. The van der Waals surface area contributed by atoms with Crippen molar-refractivity contribution in [3.8, 4) is 5.75 Å². The number of carbonyl (C=O) groups excluding carboxylic acids is 1. The highest BCUT2D eigenvalue weighted by molar-refractivity contribution is 6.32. The zero-order valence-corrected chi connectivity index (χ0v) is 12.9. The highest BCUT2D eigenvalue weighted by Crippen LogP contribution is 2.28. The van der Waals surface area contributed by atoms with E-state index in [4.69, 9.17) is 16.3 Å². The number of rotatable bonds is 5. The van der Waals surface area contributed by atoms with Crippen LogP contribution in [0.25, 0.3) is 0 Å². The minimum absolute atomic E-state index is 0.151. The van der Waals surface area contributed by atoms with Crippen molar-refractivity contribution >= 4 is 17.4 Å². The fraction of sp³-hybridized carbons (Fsp3) is 0.250. The first-order valence-electron chi connectivity index (χ1n) is 6.70. The standard InChI is InChI=1S/C16H13ClF3NO2/c1-23-14-8-11(4-5-12(14)17)13(22)6-2-10-3-7-15(21-9-10)16(18,19)20/h3-5,7-9H,2,6H2,1H3. The van der Waals surface area contributed by atoms with Gasteiger partial charge in [-0.25, -0.2) is 0 Å². The third-order valence-electron chi connectivity index (χ3n) is 3.23. The Morgan fingerprint density at radius 2 is 2.00 bits per heavy atom. The van der Waals surface area contributed by atoms with Crippen molar-refractivity contribution in [1.29, 1.82) is 0 Å². The number of aryl methyl sites for hydroxylation is 1. The molecule has 1 aromatic carbocycles. The average Bonchev–Trinajstić information content (AvgIpc) is 2.52. The molecule has 0 spiro atoms. The molecule has 0 aliphatic rings. The monoisotopic (exact) mass is 343 g/mol. The number of methoxy groups -OCH3 is 1. The minimum atomic E-state index is -4.46. The molecule has 0 saturated carbocycles. The molecule has 0 N–H and O–H groups in total. The number of Topliss-reactive ketones (excluding diaryl/α,β-unsaturated/α-hetero) is 1. The molecular formula is C16H13ClF3NO2. The van der Waals surface area contributed by atoms with E-state index in [2.05, 4.69) is 4.98 Å². The van der Waals surface area contributed by atoms with Crippen molar-refractivity contribution in [2.24, 2.45) is 0 Å². The summed E-state index contributed by atoms with van der Waals surface area (Å²) in [5.74, 6) is 0.244. The molecule has 1 heterocycles. The van der Waals surface area contributed by atoms with Crippen LogP contribution in [0, 0.1) is 0 Å². The number of ether oxygens (including phenoxy) is 1. The van der Waals surface area contributed by atoms with Gasteiger partial charge in [0.1, 0.15) is 11.4 Å². The predicted molar refractivity (Wildman–Crippen MR) is 79.9 cm³/mol. The molecule has 0 aliphatic carbocycles. The summed E-state index contributed by atoms with van der Waals surface area (Å²) in [6.45, 7) is 0. The van der Waals surface area contributed by atoms with Gasteiger partial charge in [-0.2, -0.15) is 13.2 Å². The van der Waals surface area contributed by atoms with Gasteiger partial charge in [-0.1, -0.05) is 17.7 Å². The molecule has 0 amide bonds. The van der Waals surface area contributed by atoms with E-state index in [1.807, 2.05) is 0 Å². The second kappa shape index (κ2) is 7.00. The maximum atomic E-state index is 12.4. The Balaban J connectivity index is 2.02. The number of alkyl halides is 3. The largest absolute Gasteiger partial charge is 0.495 e. The van der Waals surface area contributed by atoms with Crippen LogP contribution in [0.15, 0.2) is 36.5 Å². The molecule has 0 atom stereocenters. The van der Waals surface area contributed by atoms with Gasteiger partial charge in [0.15, 0.2) is 5.78 Å². The first-order valence-corrected chi connectivity index (χ1v) is 7.08. The second-order valence-corrected chi connectivity index (χ2v) is 5.23. The third-order valence-corrected chi connectivity index (χ3v) is 3.54. The summed E-state index contributed by atoms with van der Waals surface area (Å²) in [5, 5.41) is 0.399. The number of benzene rings is 1. The molecule has 1 aromatic heterocycles. The Morgan fingerprint density at radius 1 is 1.26 bits per heavy atom. The highest BCUT2D eigenvalue weighted by Gasteiger charge is 2.31. The quantitative estimate of drug-likeness (QED) is 0.746. The van der Waals surface area contributed by atoms with Crippen molar-refractivity contribution in [2.45, 2.75) is 19.0 Å². The summed E-state index contributed by atoms with van der Waals surface area (Å²) in [4.78, 5) is 15.5. The zero-order chi connectivity index (χ0) is 17.0. The number of carbonyl (C=O) groups is 1. The Morgan fingerprint density at radius 3 is 2.57 bits per heavy atom. The van der Waals surface area contributed by atoms with Gasteiger partial charge in [-0.05, 0) is 36.2 Å². The zero-order valence-electron chi connectivity index (χ0n) is 12.2. The molecule has 122 valence electrons. The van der Waals surface area contributed by atoms with Crippen LogP contribution >= 0.6 is 11.6 Å². The van der Waals surface area contributed by atoms with E-state index in [0.717, 1.165) is 12.3 Å². The maximum Gasteiger partial charge on any atom is 0.433 e. The van der Waals surface area contributed by atoms with E-state index in [0.29, 0.717) is 28.3 Å². The summed E-state index contributed by atoms with van der Waals surface area (Å²) in [6.07, 6.45) is -2.88.